The van der Waals surface area contributed by atoms with Crippen molar-refractivity contribution < 1.29 is 9.53 Å². The third-order valence-electron chi connectivity index (χ3n) is 4.69. The van der Waals surface area contributed by atoms with Crippen LogP contribution in [0, 0.1) is 0 Å². The molecular weight excluding hydrogens is 300 g/mol. The van der Waals surface area contributed by atoms with Gasteiger partial charge in [0, 0.05) is 5.56 Å². The fraction of sp³-hybridized carbons (Fsp3) is 0.600. The SMILES string of the molecule is CCCCCC(O)/C=C/c1ccccc1O[Si](C)(C)C(C)(C)C. The molecule has 0 bridgehead atoms. The fourth-order valence-electron chi connectivity index (χ4n) is 2.05. The van der Waals surface area contributed by atoms with Crippen LogP contribution in [0.5, 0.6) is 5.75 Å². The molecule has 1 atom stereocenters. The maximum absolute atomic E-state index is 10.1. The Bertz CT molecular complexity index is 501. The summed E-state index contributed by atoms with van der Waals surface area (Å²) in [5, 5.41) is 10.2. The number of aliphatic hydroxyl groups is 1. The quantitative estimate of drug-likeness (QED) is 0.465. The van der Waals surface area contributed by atoms with Gasteiger partial charge in [-0.3, -0.25) is 0 Å². The van der Waals surface area contributed by atoms with Gasteiger partial charge in [-0.25, -0.2) is 0 Å². The van der Waals surface area contributed by atoms with Crippen LogP contribution in [0.1, 0.15) is 58.9 Å². The first-order valence-corrected chi connectivity index (χ1v) is 11.7. The summed E-state index contributed by atoms with van der Waals surface area (Å²) < 4.78 is 6.43. The lowest BCUT2D eigenvalue weighted by Gasteiger charge is -2.36. The van der Waals surface area contributed by atoms with Gasteiger partial charge in [0.2, 0.25) is 0 Å². The minimum Gasteiger partial charge on any atom is -0.543 e. The van der Waals surface area contributed by atoms with Crippen molar-refractivity contribution in [3.63, 3.8) is 0 Å². The molecule has 0 radical (unpaired) electrons. The van der Waals surface area contributed by atoms with E-state index in [1.54, 1.807) is 0 Å². The molecule has 1 unspecified atom stereocenters. The Morgan fingerprint density at radius 3 is 2.43 bits per heavy atom. The monoisotopic (exact) mass is 334 g/mol. The van der Waals surface area contributed by atoms with E-state index in [1.807, 2.05) is 30.4 Å². The van der Waals surface area contributed by atoms with Gasteiger partial charge in [0.15, 0.2) is 0 Å². The molecule has 1 aromatic carbocycles. The first-order chi connectivity index (χ1) is 10.7. The molecule has 0 aliphatic rings. The lowest BCUT2D eigenvalue weighted by Crippen LogP contribution is -2.44. The summed E-state index contributed by atoms with van der Waals surface area (Å²) in [6.45, 7) is 13.4. The number of aliphatic hydroxyl groups excluding tert-OH is 1. The van der Waals surface area contributed by atoms with E-state index >= 15 is 0 Å². The van der Waals surface area contributed by atoms with Crippen molar-refractivity contribution in [2.75, 3.05) is 0 Å². The van der Waals surface area contributed by atoms with E-state index in [2.05, 4.69) is 46.9 Å². The maximum Gasteiger partial charge on any atom is 0.250 e. The second-order valence-electron chi connectivity index (χ2n) is 7.82. The summed E-state index contributed by atoms with van der Waals surface area (Å²) in [5.41, 5.74) is 1.05. The normalized spacial score (nSPS) is 14.2. The van der Waals surface area contributed by atoms with E-state index in [0.29, 0.717) is 0 Å². The largest absolute Gasteiger partial charge is 0.543 e. The van der Waals surface area contributed by atoms with Crippen LogP contribution >= 0.6 is 0 Å². The van der Waals surface area contributed by atoms with E-state index in [0.717, 1.165) is 24.2 Å². The predicted molar refractivity (Wildman–Crippen MR) is 103 cm³/mol. The Labute approximate surface area is 143 Å². The third-order valence-corrected chi connectivity index (χ3v) is 9.03. The first kappa shape index (κ1) is 20.0. The Balaban J connectivity index is 2.82. The summed E-state index contributed by atoms with van der Waals surface area (Å²) in [6, 6.07) is 8.11. The summed E-state index contributed by atoms with van der Waals surface area (Å²) in [4.78, 5) is 0. The van der Waals surface area contributed by atoms with Crippen LogP contribution in [0.4, 0.5) is 0 Å². The molecule has 1 aromatic rings. The van der Waals surface area contributed by atoms with Gasteiger partial charge < -0.3 is 9.53 Å². The molecule has 23 heavy (non-hydrogen) atoms. The van der Waals surface area contributed by atoms with Gasteiger partial charge in [0.25, 0.3) is 8.32 Å². The van der Waals surface area contributed by atoms with Crippen LogP contribution in [0.25, 0.3) is 6.08 Å². The molecule has 0 aromatic heterocycles. The van der Waals surface area contributed by atoms with Gasteiger partial charge in [-0.2, -0.15) is 0 Å². The molecular formula is C20H34O2Si. The lowest BCUT2D eigenvalue weighted by atomic mass is 10.1. The van der Waals surface area contributed by atoms with Gasteiger partial charge in [-0.15, -0.1) is 0 Å². The number of unbranched alkanes of at least 4 members (excludes halogenated alkanes) is 2. The van der Waals surface area contributed by atoms with Crippen molar-refractivity contribution in [2.24, 2.45) is 0 Å². The zero-order chi connectivity index (χ0) is 17.5. The topological polar surface area (TPSA) is 29.5 Å². The average Bonchev–Trinajstić information content (AvgIpc) is 2.45. The van der Waals surface area contributed by atoms with E-state index in [9.17, 15) is 5.11 Å². The second kappa shape index (κ2) is 8.70. The zero-order valence-electron chi connectivity index (χ0n) is 15.7. The molecule has 0 fully saturated rings. The molecule has 0 spiro atoms. The summed E-state index contributed by atoms with van der Waals surface area (Å²) in [7, 11) is -1.86. The fourth-order valence-corrected chi connectivity index (χ4v) is 3.10. The molecule has 1 rings (SSSR count). The third kappa shape index (κ3) is 6.52. The Morgan fingerprint density at radius 1 is 1.17 bits per heavy atom. The first-order valence-electron chi connectivity index (χ1n) is 8.81. The number of hydrogen-bond donors (Lipinski definition) is 1. The average molecular weight is 335 g/mol. The predicted octanol–water partition coefficient (Wildman–Crippen LogP) is 6.03. The lowest BCUT2D eigenvalue weighted by molar-refractivity contribution is 0.209. The van der Waals surface area contributed by atoms with Crippen LogP contribution < -0.4 is 4.43 Å². The minimum atomic E-state index is -1.86. The van der Waals surface area contributed by atoms with Gasteiger partial charge in [-0.05, 0) is 30.6 Å². The van der Waals surface area contributed by atoms with E-state index < -0.39 is 8.32 Å². The van der Waals surface area contributed by atoms with Crippen molar-refractivity contribution in [1.82, 2.24) is 0 Å². The number of rotatable bonds is 8. The molecule has 1 N–H and O–H groups in total. The highest BCUT2D eigenvalue weighted by atomic mass is 28.4. The Kier molecular flexibility index (Phi) is 7.55. The molecule has 0 aliphatic heterocycles. The van der Waals surface area contributed by atoms with Crippen molar-refractivity contribution >= 4 is 14.4 Å². The van der Waals surface area contributed by atoms with Crippen molar-refractivity contribution in [1.29, 1.82) is 0 Å². The van der Waals surface area contributed by atoms with E-state index in [-0.39, 0.29) is 11.1 Å². The van der Waals surface area contributed by atoms with Crippen molar-refractivity contribution in [3.8, 4) is 5.75 Å². The maximum atomic E-state index is 10.1. The van der Waals surface area contributed by atoms with Gasteiger partial charge in [0.1, 0.15) is 5.75 Å². The second-order valence-corrected chi connectivity index (χ2v) is 12.5. The highest BCUT2D eigenvalue weighted by Gasteiger charge is 2.39. The molecule has 0 saturated carbocycles. The van der Waals surface area contributed by atoms with E-state index in [1.165, 1.54) is 12.8 Å². The summed E-state index contributed by atoms with van der Waals surface area (Å²) >= 11 is 0. The summed E-state index contributed by atoms with van der Waals surface area (Å²) in [5.74, 6) is 0.927. The van der Waals surface area contributed by atoms with Crippen LogP contribution in [0.3, 0.4) is 0 Å². The smallest absolute Gasteiger partial charge is 0.250 e. The Hall–Kier alpha value is -1.06. The number of para-hydroxylation sites is 1. The number of benzene rings is 1. The number of hydrogen-bond acceptors (Lipinski definition) is 2. The zero-order valence-corrected chi connectivity index (χ0v) is 16.7. The molecule has 0 saturated heterocycles. The highest BCUT2D eigenvalue weighted by Crippen LogP contribution is 2.38. The standard InChI is InChI=1S/C20H34O2Si/c1-7-8-9-13-18(21)16-15-17-12-10-11-14-19(17)22-23(5,6)20(2,3)4/h10-12,14-16,18,21H,7-9,13H2,1-6H3/b16-15+. The van der Waals surface area contributed by atoms with E-state index in [4.69, 9.17) is 4.43 Å². The Morgan fingerprint density at radius 2 is 1.83 bits per heavy atom. The minimum absolute atomic E-state index is 0.170. The molecule has 0 amide bonds. The van der Waals surface area contributed by atoms with Crippen LogP contribution in [-0.2, 0) is 0 Å². The van der Waals surface area contributed by atoms with Crippen molar-refractivity contribution in [2.45, 2.75) is 77.6 Å². The van der Waals surface area contributed by atoms with Gasteiger partial charge >= 0.3 is 0 Å². The molecule has 130 valence electrons. The molecule has 0 heterocycles. The summed E-state index contributed by atoms with van der Waals surface area (Å²) in [6.07, 6.45) is 7.78. The van der Waals surface area contributed by atoms with Crippen LogP contribution in [-0.4, -0.2) is 19.5 Å². The van der Waals surface area contributed by atoms with Gasteiger partial charge in [-0.1, -0.05) is 77.3 Å². The molecule has 2 nitrogen and oxygen atoms in total. The van der Waals surface area contributed by atoms with Crippen LogP contribution in [0.15, 0.2) is 30.3 Å². The molecule has 3 heteroatoms. The highest BCUT2D eigenvalue weighted by molar-refractivity contribution is 6.74. The van der Waals surface area contributed by atoms with Gasteiger partial charge in [0.05, 0.1) is 6.10 Å². The molecule has 0 aliphatic carbocycles. The van der Waals surface area contributed by atoms with Crippen molar-refractivity contribution in [3.05, 3.63) is 35.9 Å². The van der Waals surface area contributed by atoms with Crippen LogP contribution in [0.2, 0.25) is 18.1 Å².